The van der Waals surface area contributed by atoms with E-state index in [4.69, 9.17) is 20.5 Å². The number of aryl methyl sites for hydroxylation is 1. The van der Waals surface area contributed by atoms with Crippen LogP contribution in [0.25, 0.3) is 10.8 Å². The van der Waals surface area contributed by atoms with Crippen molar-refractivity contribution in [1.82, 2.24) is 0 Å². The minimum atomic E-state index is -4.65. The second-order valence-electron chi connectivity index (χ2n) is 6.90. The summed E-state index contributed by atoms with van der Waals surface area (Å²) in [6.07, 6.45) is 0. The summed E-state index contributed by atoms with van der Waals surface area (Å²) in [5.74, 6) is 0.348. The van der Waals surface area contributed by atoms with Crippen molar-refractivity contribution in [2.45, 2.75) is 16.7 Å². The fraction of sp³-hybridized carbons (Fsp3) is 0.200. The average molecular weight is 511 g/mol. The number of nitrogens with one attached hydrogen (secondary N) is 1. The molecule has 0 saturated carbocycles. The molecule has 0 aliphatic rings. The Balaban J connectivity index is 2.15. The first-order chi connectivity index (χ1) is 16.2. The third-order valence-electron chi connectivity index (χ3n) is 4.67. The molecule has 0 fully saturated rings. The molecule has 0 amide bonds. The molecule has 182 valence electrons. The van der Waals surface area contributed by atoms with Crippen molar-refractivity contribution < 1.29 is 37.1 Å². The van der Waals surface area contributed by atoms with Crippen molar-refractivity contribution in [2.24, 2.45) is 10.2 Å². The molecule has 0 heterocycles. The number of benzene rings is 3. The van der Waals surface area contributed by atoms with E-state index in [-0.39, 0.29) is 12.4 Å². The molecule has 5 N–H and O–H groups in total. The van der Waals surface area contributed by atoms with E-state index < -0.39 is 15.0 Å². The predicted molar refractivity (Wildman–Crippen MR) is 126 cm³/mol. The first-order valence-corrected chi connectivity index (χ1v) is 11.7. The predicted octanol–water partition coefficient (Wildman–Crippen LogP) is 4.85. The number of hydrogen-bond acceptors (Lipinski definition) is 12. The van der Waals surface area contributed by atoms with Gasteiger partial charge >= 0.3 is 0 Å². The number of anilines is 2. The number of rotatable bonds is 10. The van der Waals surface area contributed by atoms with Crippen LogP contribution in [0.2, 0.25) is 0 Å². The zero-order chi connectivity index (χ0) is 24.9. The van der Waals surface area contributed by atoms with Crippen LogP contribution >= 0.6 is 12.0 Å². The molecule has 3 aromatic carbocycles. The van der Waals surface area contributed by atoms with Crippen molar-refractivity contribution in [2.75, 3.05) is 32.0 Å². The molecule has 3 rings (SSSR count). The van der Waals surface area contributed by atoms with Gasteiger partial charge in [0.15, 0.2) is 0 Å². The fourth-order valence-corrected chi connectivity index (χ4v) is 4.31. The molecule has 0 aliphatic carbocycles. The highest BCUT2D eigenvalue weighted by Gasteiger charge is 2.19. The fourth-order valence-electron chi connectivity index (χ4n) is 3.16. The number of nitrogen functional groups attached to an aromatic ring is 1. The van der Waals surface area contributed by atoms with Gasteiger partial charge in [-0.25, -0.2) is 5.26 Å². The highest BCUT2D eigenvalue weighted by atomic mass is 32.2. The molecule has 0 saturated heterocycles. The molecule has 0 unspecified atom stereocenters. The van der Waals surface area contributed by atoms with Gasteiger partial charge in [-0.2, -0.15) is 8.42 Å². The van der Waals surface area contributed by atoms with E-state index in [0.29, 0.717) is 38.5 Å². The van der Waals surface area contributed by atoms with Gasteiger partial charge in [0.2, 0.25) is 0 Å². The number of hydrogen-bond donors (Lipinski definition) is 4. The Kier molecular flexibility index (Phi) is 8.27. The van der Waals surface area contributed by atoms with E-state index in [2.05, 4.69) is 24.9 Å². The van der Waals surface area contributed by atoms with Crippen molar-refractivity contribution >= 4 is 55.7 Å². The van der Waals surface area contributed by atoms with Gasteiger partial charge < -0.3 is 20.5 Å². The Bertz CT molecular complexity index is 1330. The largest absolute Gasteiger partial charge is 0.495 e. The molecule has 0 atom stereocenters. The molecule has 12 nitrogen and oxygen atoms in total. The van der Waals surface area contributed by atoms with Crippen LogP contribution < -0.4 is 15.8 Å². The second-order valence-corrected chi connectivity index (χ2v) is 9.07. The van der Waals surface area contributed by atoms with Gasteiger partial charge in [0.25, 0.3) is 10.1 Å². The topological polar surface area (TPSA) is 174 Å². The van der Waals surface area contributed by atoms with E-state index in [9.17, 15) is 13.0 Å². The SMILES string of the molecule is COCNc1cc(N)c(OC)cc1N=Nc1cc2c(C)cc(SOOO)cc2cc1S(=O)(=O)O. The lowest BCUT2D eigenvalue weighted by Crippen LogP contribution is -2.04. The van der Waals surface area contributed by atoms with E-state index in [1.807, 2.05) is 0 Å². The van der Waals surface area contributed by atoms with Gasteiger partial charge in [-0.3, -0.25) is 4.55 Å². The average Bonchev–Trinajstić information content (AvgIpc) is 2.79. The van der Waals surface area contributed by atoms with Crippen LogP contribution in [0.15, 0.2) is 56.4 Å². The minimum Gasteiger partial charge on any atom is -0.495 e. The van der Waals surface area contributed by atoms with Crippen LogP contribution in [0.5, 0.6) is 5.75 Å². The number of fused-ring (bicyclic) bond motifs is 1. The van der Waals surface area contributed by atoms with Crippen molar-refractivity contribution in [3.63, 3.8) is 0 Å². The lowest BCUT2D eigenvalue weighted by Gasteiger charge is -2.12. The molecule has 0 radical (unpaired) electrons. The second kappa shape index (κ2) is 11.0. The zero-order valence-electron chi connectivity index (χ0n) is 18.3. The summed E-state index contributed by atoms with van der Waals surface area (Å²) in [4.78, 5) is 0.0796. The molecule has 3 aromatic rings. The summed E-state index contributed by atoms with van der Waals surface area (Å²) in [5, 5.41) is 24.4. The van der Waals surface area contributed by atoms with E-state index in [1.54, 1.807) is 25.1 Å². The van der Waals surface area contributed by atoms with Crippen molar-refractivity contribution in [3.05, 3.63) is 42.0 Å². The van der Waals surface area contributed by atoms with Gasteiger partial charge in [0, 0.05) is 18.1 Å². The van der Waals surface area contributed by atoms with Crippen LogP contribution in [0.4, 0.5) is 22.7 Å². The van der Waals surface area contributed by atoms with E-state index in [1.165, 1.54) is 32.4 Å². The Morgan fingerprint density at radius 2 is 1.82 bits per heavy atom. The number of methoxy groups -OCH3 is 2. The summed E-state index contributed by atoms with van der Waals surface area (Å²) < 4.78 is 48.7. The number of nitrogens with two attached hydrogens (primary N) is 1. The van der Waals surface area contributed by atoms with Crippen molar-refractivity contribution in [3.8, 4) is 5.75 Å². The maximum Gasteiger partial charge on any atom is 0.296 e. The van der Waals surface area contributed by atoms with Gasteiger partial charge in [-0.15, -0.1) is 14.6 Å². The molecule has 0 aromatic heterocycles. The molecule has 0 aliphatic heterocycles. The van der Waals surface area contributed by atoms with E-state index >= 15 is 0 Å². The van der Waals surface area contributed by atoms with E-state index in [0.717, 1.165) is 17.6 Å². The first kappa shape index (κ1) is 25.6. The van der Waals surface area contributed by atoms with Crippen LogP contribution in [0, 0.1) is 6.92 Å². The third-order valence-corrected chi connectivity index (χ3v) is 6.11. The maximum absolute atomic E-state index is 12.1. The smallest absolute Gasteiger partial charge is 0.296 e. The lowest BCUT2D eigenvalue weighted by atomic mass is 10.0. The van der Waals surface area contributed by atoms with Gasteiger partial charge in [0.05, 0.1) is 30.5 Å². The quantitative estimate of drug-likeness (QED) is 0.0558. The van der Waals surface area contributed by atoms with Crippen LogP contribution in [0.3, 0.4) is 0 Å². The highest BCUT2D eigenvalue weighted by Crippen LogP contribution is 2.38. The summed E-state index contributed by atoms with van der Waals surface area (Å²) in [6, 6.07) is 9.20. The minimum absolute atomic E-state index is 0.0815. The molecular formula is C20H22N4O8S2. The number of nitrogens with zero attached hydrogens (tertiary/aromatic N) is 2. The Labute approximate surface area is 199 Å². The van der Waals surface area contributed by atoms with Crippen LogP contribution in [-0.2, 0) is 24.2 Å². The summed E-state index contributed by atoms with van der Waals surface area (Å²) >= 11 is 0.722. The van der Waals surface area contributed by atoms with Crippen LogP contribution in [0.1, 0.15) is 5.56 Å². The molecule has 0 bridgehead atoms. The van der Waals surface area contributed by atoms with Gasteiger partial charge in [-0.1, -0.05) is 5.04 Å². The first-order valence-electron chi connectivity index (χ1n) is 9.50. The summed E-state index contributed by atoms with van der Waals surface area (Å²) in [5.41, 5.74) is 7.75. The Morgan fingerprint density at radius 3 is 2.47 bits per heavy atom. The summed E-state index contributed by atoms with van der Waals surface area (Å²) in [6.45, 7) is 1.95. The van der Waals surface area contributed by atoms with Crippen LogP contribution in [-0.4, -0.2) is 39.2 Å². The lowest BCUT2D eigenvalue weighted by molar-refractivity contribution is -0.432. The van der Waals surface area contributed by atoms with Gasteiger partial charge in [-0.05, 0) is 53.6 Å². The zero-order valence-corrected chi connectivity index (χ0v) is 19.9. The monoisotopic (exact) mass is 510 g/mol. The highest BCUT2D eigenvalue weighted by molar-refractivity contribution is 7.94. The number of ether oxygens (including phenoxy) is 2. The third kappa shape index (κ3) is 5.92. The maximum atomic E-state index is 12.1. The normalized spacial score (nSPS) is 11.9. The molecule has 0 spiro atoms. The Hall–Kier alpha value is -2.98. The molecular weight excluding hydrogens is 488 g/mol. The number of azo groups is 1. The van der Waals surface area contributed by atoms with Crippen molar-refractivity contribution in [1.29, 1.82) is 0 Å². The molecule has 14 heteroatoms. The standard InChI is InChI=1S/C20H22N4O8S2/c1-11-4-13(33-32-31-25)5-12-6-20(34(26,27)28)18(7-14(11)12)24-23-17-9-19(30-3)15(21)8-16(17)22-10-29-2/h4-9,22,25H,10,21H2,1-3H3,(H,26,27,28). The molecule has 34 heavy (non-hydrogen) atoms. The van der Waals surface area contributed by atoms with Gasteiger partial charge in [0.1, 0.15) is 28.8 Å². The Morgan fingerprint density at radius 1 is 1.09 bits per heavy atom. The summed E-state index contributed by atoms with van der Waals surface area (Å²) in [7, 11) is -1.70.